The Labute approximate surface area is 173 Å². The summed E-state index contributed by atoms with van der Waals surface area (Å²) in [5.74, 6) is -1.46. The molecular weight excluding hydrogens is 384 g/mol. The van der Waals surface area contributed by atoms with Crippen molar-refractivity contribution in [1.29, 1.82) is 0 Å². The van der Waals surface area contributed by atoms with Crippen LogP contribution in [0.25, 0.3) is 0 Å². The number of carboxylic acid groups (broad SMARTS) is 1. The molecule has 0 saturated carbocycles. The van der Waals surface area contributed by atoms with Gasteiger partial charge in [-0.25, -0.2) is 4.79 Å². The molecule has 0 atom stereocenters. The Morgan fingerprint density at radius 3 is 2.37 bits per heavy atom. The zero-order valence-electron chi connectivity index (χ0n) is 16.3. The van der Waals surface area contributed by atoms with Crippen LogP contribution in [-0.4, -0.2) is 21.9 Å². The number of rotatable bonds is 7. The van der Waals surface area contributed by atoms with Crippen molar-refractivity contribution >= 4 is 23.3 Å². The van der Waals surface area contributed by atoms with Crippen LogP contribution in [0.1, 0.15) is 38.8 Å². The van der Waals surface area contributed by atoms with E-state index in [0.29, 0.717) is 17.7 Å². The molecule has 1 N–H and O–H groups in total. The fourth-order valence-electron chi connectivity index (χ4n) is 3.23. The number of carboxylic acids is 1. The zero-order valence-corrected chi connectivity index (χ0v) is 16.3. The average molecular weight is 404 g/mol. The number of nitro groups is 1. The molecule has 1 amide bonds. The first-order chi connectivity index (χ1) is 14.4. The Kier molecular flexibility index (Phi) is 6.22. The maximum absolute atomic E-state index is 13.4. The number of nitrogens with zero attached hydrogens (tertiary/aromatic N) is 2. The lowest BCUT2D eigenvalue weighted by molar-refractivity contribution is -0.384. The number of nitro benzene ring substituents is 1. The lowest BCUT2D eigenvalue weighted by Gasteiger charge is -2.25. The van der Waals surface area contributed by atoms with E-state index in [9.17, 15) is 24.8 Å². The van der Waals surface area contributed by atoms with Gasteiger partial charge in [0.25, 0.3) is 11.6 Å². The minimum Gasteiger partial charge on any atom is -0.478 e. The number of carbonyl (C=O) groups excluding carboxylic acids is 1. The van der Waals surface area contributed by atoms with Gasteiger partial charge in [0, 0.05) is 23.4 Å². The largest absolute Gasteiger partial charge is 0.478 e. The van der Waals surface area contributed by atoms with Gasteiger partial charge < -0.3 is 10.0 Å². The summed E-state index contributed by atoms with van der Waals surface area (Å²) in [5, 5.41) is 20.4. The summed E-state index contributed by atoms with van der Waals surface area (Å²) >= 11 is 0. The lowest BCUT2D eigenvalue weighted by Crippen LogP contribution is -2.31. The van der Waals surface area contributed by atoms with Gasteiger partial charge >= 0.3 is 5.97 Å². The van der Waals surface area contributed by atoms with Crippen molar-refractivity contribution in [3.8, 4) is 0 Å². The van der Waals surface area contributed by atoms with Crippen LogP contribution < -0.4 is 4.90 Å². The molecule has 0 aliphatic rings. The molecule has 7 heteroatoms. The maximum Gasteiger partial charge on any atom is 0.335 e. The monoisotopic (exact) mass is 404 g/mol. The maximum atomic E-state index is 13.4. The minimum absolute atomic E-state index is 0.124. The average Bonchev–Trinajstić information content (AvgIpc) is 2.77. The minimum atomic E-state index is -1.05. The van der Waals surface area contributed by atoms with Crippen LogP contribution in [0.5, 0.6) is 0 Å². The van der Waals surface area contributed by atoms with E-state index in [2.05, 4.69) is 0 Å². The van der Waals surface area contributed by atoms with Crippen LogP contribution in [0.2, 0.25) is 0 Å². The number of amides is 1. The highest BCUT2D eigenvalue weighted by Crippen LogP contribution is 2.26. The van der Waals surface area contributed by atoms with Crippen molar-refractivity contribution < 1.29 is 19.6 Å². The Morgan fingerprint density at radius 2 is 1.67 bits per heavy atom. The van der Waals surface area contributed by atoms with E-state index in [1.165, 1.54) is 41.3 Å². The fourth-order valence-corrected chi connectivity index (χ4v) is 3.23. The molecular formula is C23H20N2O5. The normalized spacial score (nSPS) is 10.4. The first-order valence-electron chi connectivity index (χ1n) is 9.37. The number of aromatic carboxylic acids is 1. The second-order valence-electron chi connectivity index (χ2n) is 6.69. The highest BCUT2D eigenvalue weighted by atomic mass is 16.6. The van der Waals surface area contributed by atoms with Crippen LogP contribution in [0, 0.1) is 10.1 Å². The molecule has 0 unspecified atom stereocenters. The molecule has 3 rings (SSSR count). The summed E-state index contributed by atoms with van der Waals surface area (Å²) in [5.41, 5.74) is 2.39. The van der Waals surface area contributed by atoms with Crippen LogP contribution in [-0.2, 0) is 13.0 Å². The van der Waals surface area contributed by atoms with Crippen LogP contribution in [0.3, 0.4) is 0 Å². The quantitative estimate of drug-likeness (QED) is 0.454. The third kappa shape index (κ3) is 4.52. The molecule has 0 spiro atoms. The van der Waals surface area contributed by atoms with E-state index in [4.69, 9.17) is 0 Å². The second-order valence-corrected chi connectivity index (χ2v) is 6.69. The van der Waals surface area contributed by atoms with Gasteiger partial charge in [-0.1, -0.05) is 43.3 Å². The fraction of sp³-hybridized carbons (Fsp3) is 0.130. The zero-order chi connectivity index (χ0) is 21.7. The molecule has 0 radical (unpaired) electrons. The van der Waals surface area contributed by atoms with Crippen molar-refractivity contribution in [2.24, 2.45) is 0 Å². The molecule has 0 bridgehead atoms. The Bertz CT molecular complexity index is 1110. The number of aryl methyl sites for hydroxylation is 1. The SMILES string of the molecule is CCc1ccccc1N(Cc1cccc(C(=O)O)c1)C(=O)c1cccc([N+](=O)[O-])c1. The Balaban J connectivity index is 2.07. The molecule has 0 aromatic heterocycles. The van der Waals surface area contributed by atoms with Gasteiger partial charge in [0.05, 0.1) is 17.0 Å². The Morgan fingerprint density at radius 1 is 0.967 bits per heavy atom. The summed E-state index contributed by atoms with van der Waals surface area (Å²) in [6.07, 6.45) is 0.685. The van der Waals surface area contributed by atoms with Crippen molar-refractivity contribution in [1.82, 2.24) is 0 Å². The molecule has 0 heterocycles. The number of non-ortho nitro benzene ring substituents is 1. The predicted molar refractivity (Wildman–Crippen MR) is 113 cm³/mol. The molecule has 152 valence electrons. The van der Waals surface area contributed by atoms with E-state index in [-0.39, 0.29) is 23.4 Å². The number of hydrogen-bond acceptors (Lipinski definition) is 4. The van der Waals surface area contributed by atoms with Crippen LogP contribution in [0.4, 0.5) is 11.4 Å². The van der Waals surface area contributed by atoms with Gasteiger partial charge in [-0.3, -0.25) is 14.9 Å². The molecule has 3 aromatic carbocycles. The molecule has 30 heavy (non-hydrogen) atoms. The Hall–Kier alpha value is -4.00. The van der Waals surface area contributed by atoms with Gasteiger partial charge in [0.15, 0.2) is 0 Å². The number of benzene rings is 3. The van der Waals surface area contributed by atoms with Crippen molar-refractivity contribution in [2.45, 2.75) is 19.9 Å². The molecule has 0 aliphatic carbocycles. The van der Waals surface area contributed by atoms with Gasteiger partial charge in [-0.2, -0.15) is 0 Å². The van der Waals surface area contributed by atoms with Gasteiger partial charge in [-0.05, 0) is 41.8 Å². The molecule has 0 aliphatic heterocycles. The van der Waals surface area contributed by atoms with E-state index in [1.54, 1.807) is 12.1 Å². The van der Waals surface area contributed by atoms with E-state index < -0.39 is 16.8 Å². The van der Waals surface area contributed by atoms with E-state index >= 15 is 0 Å². The summed E-state index contributed by atoms with van der Waals surface area (Å²) in [4.78, 5) is 36.8. The summed E-state index contributed by atoms with van der Waals surface area (Å²) in [7, 11) is 0. The van der Waals surface area contributed by atoms with E-state index in [0.717, 1.165) is 5.56 Å². The van der Waals surface area contributed by atoms with Gasteiger partial charge in [0.2, 0.25) is 0 Å². The second kappa shape index (κ2) is 9.00. The molecule has 7 nitrogen and oxygen atoms in total. The molecule has 0 saturated heterocycles. The number of para-hydroxylation sites is 1. The smallest absolute Gasteiger partial charge is 0.335 e. The van der Waals surface area contributed by atoms with Crippen LogP contribution in [0.15, 0.2) is 72.8 Å². The molecule has 0 fully saturated rings. The summed E-state index contributed by atoms with van der Waals surface area (Å²) in [6.45, 7) is 2.10. The lowest BCUT2D eigenvalue weighted by atomic mass is 10.1. The number of carbonyl (C=O) groups is 2. The number of hydrogen-bond donors (Lipinski definition) is 1. The first kappa shape index (κ1) is 20.7. The topological polar surface area (TPSA) is 101 Å². The third-order valence-corrected chi connectivity index (χ3v) is 4.73. The summed E-state index contributed by atoms with van der Waals surface area (Å²) < 4.78 is 0. The van der Waals surface area contributed by atoms with Crippen molar-refractivity contribution in [3.05, 3.63) is 105 Å². The first-order valence-corrected chi connectivity index (χ1v) is 9.37. The van der Waals surface area contributed by atoms with E-state index in [1.807, 2.05) is 31.2 Å². The van der Waals surface area contributed by atoms with Gasteiger partial charge in [0.1, 0.15) is 0 Å². The standard InChI is InChI=1S/C23H20N2O5/c1-2-17-8-3-4-12-21(17)24(15-16-7-5-10-19(13-16)23(27)28)22(26)18-9-6-11-20(14-18)25(29)30/h3-14H,2,15H2,1H3,(H,27,28). The predicted octanol–water partition coefficient (Wildman–Crippen LogP) is 4.70. The summed E-state index contributed by atoms with van der Waals surface area (Å²) in [6, 6.07) is 19.4. The van der Waals surface area contributed by atoms with Crippen LogP contribution >= 0.6 is 0 Å². The van der Waals surface area contributed by atoms with Crippen molar-refractivity contribution in [2.75, 3.05) is 4.90 Å². The molecule has 3 aromatic rings. The van der Waals surface area contributed by atoms with Gasteiger partial charge in [-0.15, -0.1) is 0 Å². The highest BCUT2D eigenvalue weighted by molar-refractivity contribution is 6.06. The third-order valence-electron chi connectivity index (χ3n) is 4.73. The highest BCUT2D eigenvalue weighted by Gasteiger charge is 2.22. The van der Waals surface area contributed by atoms with Crippen molar-refractivity contribution in [3.63, 3.8) is 0 Å². The number of anilines is 1.